The topological polar surface area (TPSA) is 118 Å². The number of ether oxygens (including phenoxy) is 1. The van der Waals surface area contributed by atoms with Gasteiger partial charge in [0.1, 0.15) is 0 Å². The van der Waals surface area contributed by atoms with Crippen LogP contribution in [0.5, 0.6) is 0 Å². The van der Waals surface area contributed by atoms with Crippen LogP contribution >= 0.6 is 11.6 Å². The van der Waals surface area contributed by atoms with Crippen molar-refractivity contribution in [1.29, 1.82) is 0 Å². The Labute approximate surface area is 241 Å². The van der Waals surface area contributed by atoms with Crippen molar-refractivity contribution in [2.45, 2.75) is 127 Å². The zero-order chi connectivity index (χ0) is 27.8. The van der Waals surface area contributed by atoms with Crippen LogP contribution in [0.1, 0.15) is 90.9 Å². The number of hydrogen-bond donors (Lipinski definition) is 4. The van der Waals surface area contributed by atoms with Gasteiger partial charge in [0.25, 0.3) is 0 Å². The number of unbranched alkanes of at least 4 members (excludes halogenated alkanes) is 2. The summed E-state index contributed by atoms with van der Waals surface area (Å²) in [7, 11) is 0. The van der Waals surface area contributed by atoms with E-state index >= 15 is 0 Å². The molecule has 0 aromatic carbocycles. The van der Waals surface area contributed by atoms with Gasteiger partial charge in [-0.15, -0.1) is 11.6 Å². The van der Waals surface area contributed by atoms with Crippen molar-refractivity contribution in [3.8, 4) is 0 Å². The van der Waals surface area contributed by atoms with E-state index in [-0.39, 0.29) is 41.0 Å². The number of nitrogens with zero attached hydrogens (tertiary/aromatic N) is 2. The Balaban J connectivity index is 1.49. The molecule has 1 spiro atoms. The largest absolute Gasteiger partial charge is 0.371 e. The molecule has 2 saturated heterocycles. The summed E-state index contributed by atoms with van der Waals surface area (Å²) in [6.07, 6.45) is 14.4. The van der Waals surface area contributed by atoms with Crippen molar-refractivity contribution in [3.63, 3.8) is 0 Å². The quantitative estimate of drug-likeness (QED) is 0.183. The maximum Gasteiger partial charge on any atom is 0.228 e. The molecule has 4 aliphatic rings. The fraction of sp³-hybridized carbons (Fsp3) is 0.933. The van der Waals surface area contributed by atoms with Crippen LogP contribution in [0.25, 0.3) is 0 Å². The molecule has 3 aliphatic heterocycles. The molecule has 0 aromatic heterocycles. The molecule has 39 heavy (non-hydrogen) atoms. The normalized spacial score (nSPS) is 37.1. The highest BCUT2D eigenvalue weighted by atomic mass is 35.5. The Morgan fingerprint density at radius 1 is 1.23 bits per heavy atom. The first-order chi connectivity index (χ1) is 18.8. The molecule has 8 nitrogen and oxygen atoms in total. The van der Waals surface area contributed by atoms with Gasteiger partial charge in [-0.3, -0.25) is 9.79 Å². The van der Waals surface area contributed by atoms with Crippen molar-refractivity contribution in [2.75, 3.05) is 32.7 Å². The van der Waals surface area contributed by atoms with E-state index < -0.39 is 12.1 Å². The number of alkyl halides is 1. The average molecular weight is 567 g/mol. The Kier molecular flexibility index (Phi) is 11.9. The second kappa shape index (κ2) is 14.9. The standard InChI is InChI=1S/C30H55ClN6O2/c1-3-4-5-14-37-15-10-26(39-23-7-6-13-34-19-23)25(20-37)36-29(38)27(28(32)33)24-17-30(11-8-21(2)16-30)12-9-22(31)18-35-24/h18,21-28,34H,3-17,19-20,32-33H2,1-2H3,(H,36,38). The first kappa shape index (κ1) is 31.2. The fourth-order valence-corrected chi connectivity index (χ4v) is 7.78. The van der Waals surface area contributed by atoms with Crippen LogP contribution in [0.15, 0.2) is 4.99 Å². The van der Waals surface area contributed by atoms with Gasteiger partial charge in [0.2, 0.25) is 5.91 Å². The predicted octanol–water partition coefficient (Wildman–Crippen LogP) is 3.40. The SMILES string of the molecule is CCCCCN1CCC(OC2CCCNC2)C(NC(=O)C(C(N)N)C2CC3(CCC(Cl)C=N2)CCC(C)C3)C1. The third-order valence-electron chi connectivity index (χ3n) is 9.77. The van der Waals surface area contributed by atoms with Crippen molar-refractivity contribution in [2.24, 2.45) is 33.7 Å². The van der Waals surface area contributed by atoms with Gasteiger partial charge in [-0.1, -0.05) is 33.1 Å². The van der Waals surface area contributed by atoms with Gasteiger partial charge in [-0.25, -0.2) is 0 Å². The fourth-order valence-electron chi connectivity index (χ4n) is 7.61. The number of nitrogens with one attached hydrogen (secondary N) is 2. The highest BCUT2D eigenvalue weighted by molar-refractivity contribution is 6.28. The lowest BCUT2D eigenvalue weighted by Gasteiger charge is -2.42. The zero-order valence-electron chi connectivity index (χ0n) is 24.5. The van der Waals surface area contributed by atoms with Crippen molar-refractivity contribution >= 4 is 23.7 Å². The van der Waals surface area contributed by atoms with Gasteiger partial charge in [-0.2, -0.15) is 0 Å². The Hall–Kier alpha value is -0.770. The minimum Gasteiger partial charge on any atom is -0.371 e. The summed E-state index contributed by atoms with van der Waals surface area (Å²) in [6, 6.07) is -0.349. The molecule has 3 fully saturated rings. The number of nitrogens with two attached hydrogens (primary N) is 2. The van der Waals surface area contributed by atoms with E-state index in [0.717, 1.165) is 77.7 Å². The molecule has 0 aromatic rings. The summed E-state index contributed by atoms with van der Waals surface area (Å²) in [5.41, 5.74) is 12.9. The van der Waals surface area contributed by atoms with Crippen LogP contribution in [-0.4, -0.2) is 85.6 Å². The molecule has 6 N–H and O–H groups in total. The van der Waals surface area contributed by atoms with E-state index in [1.807, 2.05) is 6.21 Å². The van der Waals surface area contributed by atoms with E-state index in [1.165, 1.54) is 32.1 Å². The Morgan fingerprint density at radius 3 is 2.74 bits per heavy atom. The van der Waals surface area contributed by atoms with Gasteiger partial charge in [0.15, 0.2) is 0 Å². The van der Waals surface area contributed by atoms with Crippen molar-refractivity contribution in [3.05, 3.63) is 0 Å². The molecule has 1 saturated carbocycles. The Bertz CT molecular complexity index is 793. The second-order valence-electron chi connectivity index (χ2n) is 13.1. The molecule has 8 atom stereocenters. The molecule has 1 amide bonds. The molecule has 4 rings (SSSR count). The number of aliphatic imine (C=N–C) groups is 1. The van der Waals surface area contributed by atoms with Crippen LogP contribution < -0.4 is 22.1 Å². The summed E-state index contributed by atoms with van der Waals surface area (Å²) < 4.78 is 6.63. The maximum absolute atomic E-state index is 14.0. The van der Waals surface area contributed by atoms with E-state index in [2.05, 4.69) is 29.4 Å². The number of carbonyl (C=O) groups is 1. The molecule has 224 valence electrons. The third-order valence-corrected chi connectivity index (χ3v) is 10.1. The summed E-state index contributed by atoms with van der Waals surface area (Å²) >= 11 is 6.62. The number of piperidine rings is 2. The number of rotatable bonds is 10. The average Bonchev–Trinajstić information content (AvgIpc) is 3.28. The molecule has 0 bridgehead atoms. The van der Waals surface area contributed by atoms with Gasteiger partial charge in [0.05, 0.1) is 41.8 Å². The molecule has 9 heteroatoms. The third kappa shape index (κ3) is 8.86. The first-order valence-electron chi connectivity index (χ1n) is 15.9. The lowest BCUT2D eigenvalue weighted by molar-refractivity contribution is -0.131. The lowest BCUT2D eigenvalue weighted by Crippen LogP contribution is -2.61. The van der Waals surface area contributed by atoms with Crippen molar-refractivity contribution < 1.29 is 9.53 Å². The minimum absolute atomic E-state index is 0.00833. The molecule has 8 unspecified atom stereocenters. The van der Waals surface area contributed by atoms with Crippen LogP contribution in [-0.2, 0) is 9.53 Å². The van der Waals surface area contributed by atoms with E-state index in [9.17, 15) is 4.79 Å². The summed E-state index contributed by atoms with van der Waals surface area (Å²) in [6.45, 7) is 9.36. The number of halogens is 1. The van der Waals surface area contributed by atoms with Crippen LogP contribution in [0.2, 0.25) is 0 Å². The summed E-state index contributed by atoms with van der Waals surface area (Å²) in [5, 5.41) is 6.74. The first-order valence-corrected chi connectivity index (χ1v) is 16.3. The predicted molar refractivity (Wildman–Crippen MR) is 160 cm³/mol. The Morgan fingerprint density at radius 2 is 2.05 bits per heavy atom. The molecule has 3 heterocycles. The summed E-state index contributed by atoms with van der Waals surface area (Å²) in [4.78, 5) is 21.4. The number of hydrogen-bond acceptors (Lipinski definition) is 7. The van der Waals surface area contributed by atoms with Crippen LogP contribution in [0, 0.1) is 17.3 Å². The monoisotopic (exact) mass is 566 g/mol. The maximum atomic E-state index is 14.0. The van der Waals surface area contributed by atoms with Crippen LogP contribution in [0.3, 0.4) is 0 Å². The smallest absolute Gasteiger partial charge is 0.228 e. The van der Waals surface area contributed by atoms with E-state index in [4.69, 9.17) is 32.8 Å². The second-order valence-corrected chi connectivity index (χ2v) is 13.7. The van der Waals surface area contributed by atoms with Gasteiger partial charge in [-0.05, 0) is 82.2 Å². The van der Waals surface area contributed by atoms with Gasteiger partial charge in [0, 0.05) is 25.8 Å². The highest BCUT2D eigenvalue weighted by Gasteiger charge is 2.44. The zero-order valence-corrected chi connectivity index (χ0v) is 25.2. The summed E-state index contributed by atoms with van der Waals surface area (Å²) in [5.74, 6) is 0.00838. The molecular formula is C30H55ClN6O2. The lowest BCUT2D eigenvalue weighted by atomic mass is 9.72. The molecular weight excluding hydrogens is 512 g/mol. The van der Waals surface area contributed by atoms with Gasteiger partial charge < -0.3 is 31.7 Å². The number of amides is 1. The van der Waals surface area contributed by atoms with Gasteiger partial charge >= 0.3 is 0 Å². The van der Waals surface area contributed by atoms with E-state index in [1.54, 1.807) is 0 Å². The van der Waals surface area contributed by atoms with Crippen LogP contribution in [0.4, 0.5) is 0 Å². The van der Waals surface area contributed by atoms with Crippen molar-refractivity contribution in [1.82, 2.24) is 15.5 Å². The number of carbonyl (C=O) groups excluding carboxylic acids is 1. The highest BCUT2D eigenvalue weighted by Crippen LogP contribution is 2.50. The molecule has 0 radical (unpaired) electrons. The number of likely N-dealkylation sites (tertiary alicyclic amines) is 1. The van der Waals surface area contributed by atoms with E-state index in [0.29, 0.717) is 5.92 Å². The minimum atomic E-state index is -0.789. The molecule has 1 aliphatic carbocycles.